The molecular formula is C15H24ClNO2. The molecule has 0 aromatic heterocycles. The number of halogens is 1. The first-order valence-electron chi connectivity index (χ1n) is 6.56. The number of benzene rings is 1. The molecule has 1 aromatic carbocycles. The Hall–Kier alpha value is -0.930. The van der Waals surface area contributed by atoms with Crippen LogP contribution in [0.1, 0.15) is 12.5 Å². The number of likely N-dealkylation sites (N-methyl/N-ethyl adjacent to an activating group) is 1. The van der Waals surface area contributed by atoms with Crippen molar-refractivity contribution in [3.8, 4) is 11.5 Å². The second-order valence-electron chi connectivity index (χ2n) is 4.96. The van der Waals surface area contributed by atoms with Gasteiger partial charge in [-0.3, -0.25) is 0 Å². The van der Waals surface area contributed by atoms with Crippen LogP contribution in [0.15, 0.2) is 18.2 Å². The summed E-state index contributed by atoms with van der Waals surface area (Å²) >= 11 is 5.83. The lowest BCUT2D eigenvalue weighted by Crippen LogP contribution is -2.27. The van der Waals surface area contributed by atoms with E-state index in [2.05, 4.69) is 24.9 Å². The lowest BCUT2D eigenvalue weighted by atomic mass is 10.1. The summed E-state index contributed by atoms with van der Waals surface area (Å²) in [6.45, 7) is 4.20. The molecule has 1 aromatic rings. The van der Waals surface area contributed by atoms with Gasteiger partial charge < -0.3 is 14.4 Å². The van der Waals surface area contributed by atoms with Crippen molar-refractivity contribution < 1.29 is 9.47 Å². The highest BCUT2D eigenvalue weighted by Gasteiger charge is 2.07. The molecule has 0 fully saturated rings. The maximum Gasteiger partial charge on any atom is 0.160 e. The van der Waals surface area contributed by atoms with Gasteiger partial charge in [-0.25, -0.2) is 0 Å². The predicted molar refractivity (Wildman–Crippen MR) is 80.6 cm³/mol. The topological polar surface area (TPSA) is 21.7 Å². The Kier molecular flexibility index (Phi) is 7.03. The van der Waals surface area contributed by atoms with Crippen LogP contribution in [-0.4, -0.2) is 45.1 Å². The molecule has 0 amide bonds. The van der Waals surface area contributed by atoms with Crippen LogP contribution in [0.25, 0.3) is 0 Å². The van der Waals surface area contributed by atoms with Gasteiger partial charge in [0.25, 0.3) is 0 Å². The number of rotatable bonds is 8. The van der Waals surface area contributed by atoms with Crippen LogP contribution in [0.2, 0.25) is 0 Å². The molecular weight excluding hydrogens is 262 g/mol. The van der Waals surface area contributed by atoms with Crippen molar-refractivity contribution in [3.05, 3.63) is 23.8 Å². The molecule has 3 nitrogen and oxygen atoms in total. The molecule has 0 bridgehead atoms. The summed E-state index contributed by atoms with van der Waals surface area (Å²) < 4.78 is 10.5. The van der Waals surface area contributed by atoms with Gasteiger partial charge in [0.05, 0.1) is 14.2 Å². The zero-order valence-corrected chi connectivity index (χ0v) is 13.0. The molecule has 0 saturated carbocycles. The molecule has 0 aliphatic heterocycles. The molecule has 1 atom stereocenters. The average molecular weight is 286 g/mol. The van der Waals surface area contributed by atoms with E-state index in [0.717, 1.165) is 31.0 Å². The molecule has 0 N–H and O–H groups in total. The lowest BCUT2D eigenvalue weighted by molar-refractivity contribution is 0.300. The predicted octanol–water partition coefficient (Wildman–Crippen LogP) is 3.05. The Morgan fingerprint density at radius 2 is 1.89 bits per heavy atom. The van der Waals surface area contributed by atoms with Gasteiger partial charge in [-0.15, -0.1) is 11.6 Å². The van der Waals surface area contributed by atoms with Crippen molar-refractivity contribution in [2.24, 2.45) is 5.92 Å². The van der Waals surface area contributed by atoms with Gasteiger partial charge in [0.1, 0.15) is 0 Å². The van der Waals surface area contributed by atoms with E-state index in [1.807, 2.05) is 12.1 Å². The van der Waals surface area contributed by atoms with Gasteiger partial charge in [0.2, 0.25) is 0 Å². The van der Waals surface area contributed by atoms with E-state index in [0.29, 0.717) is 11.8 Å². The van der Waals surface area contributed by atoms with Crippen molar-refractivity contribution in [2.75, 3.05) is 40.2 Å². The first-order chi connectivity index (χ1) is 9.10. The van der Waals surface area contributed by atoms with Crippen molar-refractivity contribution in [1.82, 2.24) is 4.90 Å². The molecule has 0 aliphatic carbocycles. The number of ether oxygens (including phenoxy) is 2. The van der Waals surface area contributed by atoms with Crippen LogP contribution in [0.3, 0.4) is 0 Å². The third-order valence-electron chi connectivity index (χ3n) is 3.12. The zero-order chi connectivity index (χ0) is 14.3. The summed E-state index contributed by atoms with van der Waals surface area (Å²) in [7, 11) is 5.44. The minimum Gasteiger partial charge on any atom is -0.493 e. The summed E-state index contributed by atoms with van der Waals surface area (Å²) in [6, 6.07) is 6.08. The zero-order valence-electron chi connectivity index (χ0n) is 12.3. The summed E-state index contributed by atoms with van der Waals surface area (Å²) in [5, 5.41) is 0. The van der Waals surface area contributed by atoms with E-state index in [9.17, 15) is 0 Å². The van der Waals surface area contributed by atoms with Gasteiger partial charge in [0.15, 0.2) is 11.5 Å². The van der Waals surface area contributed by atoms with Gasteiger partial charge in [-0.05, 0) is 37.1 Å². The Labute approximate surface area is 121 Å². The molecule has 108 valence electrons. The standard InChI is InChI=1S/C15H24ClNO2/c1-12(10-16)11-17(2)8-7-13-5-6-14(18-3)15(9-13)19-4/h5-6,9,12H,7-8,10-11H2,1-4H3/t12-/m1/s1. The van der Waals surface area contributed by atoms with Crippen LogP contribution < -0.4 is 9.47 Å². The Bertz CT molecular complexity index is 384. The second kappa shape index (κ2) is 8.28. The maximum atomic E-state index is 5.83. The van der Waals surface area contributed by atoms with E-state index in [-0.39, 0.29) is 0 Å². The third kappa shape index (κ3) is 5.29. The Morgan fingerprint density at radius 3 is 2.47 bits per heavy atom. The number of methoxy groups -OCH3 is 2. The van der Waals surface area contributed by atoms with Gasteiger partial charge in [0, 0.05) is 19.0 Å². The quantitative estimate of drug-likeness (QED) is 0.685. The van der Waals surface area contributed by atoms with E-state index < -0.39 is 0 Å². The minimum atomic E-state index is 0.525. The van der Waals surface area contributed by atoms with Gasteiger partial charge >= 0.3 is 0 Å². The molecule has 0 aliphatic rings. The van der Waals surface area contributed by atoms with E-state index >= 15 is 0 Å². The molecule has 0 heterocycles. The molecule has 1 rings (SSSR count). The average Bonchev–Trinajstić information content (AvgIpc) is 2.44. The Balaban J connectivity index is 2.53. The summed E-state index contributed by atoms with van der Waals surface area (Å²) in [5.41, 5.74) is 1.25. The minimum absolute atomic E-state index is 0.525. The van der Waals surface area contributed by atoms with E-state index in [4.69, 9.17) is 21.1 Å². The summed E-state index contributed by atoms with van der Waals surface area (Å²) in [6.07, 6.45) is 0.992. The molecule has 0 unspecified atom stereocenters. The fourth-order valence-corrected chi connectivity index (χ4v) is 2.13. The largest absolute Gasteiger partial charge is 0.493 e. The number of hydrogen-bond donors (Lipinski definition) is 0. The smallest absolute Gasteiger partial charge is 0.160 e. The number of hydrogen-bond acceptors (Lipinski definition) is 3. The fourth-order valence-electron chi connectivity index (χ4n) is 2.03. The summed E-state index contributed by atoms with van der Waals surface area (Å²) in [4.78, 5) is 2.31. The molecule has 0 radical (unpaired) electrons. The summed E-state index contributed by atoms with van der Waals surface area (Å²) in [5.74, 6) is 2.80. The van der Waals surface area contributed by atoms with Crippen LogP contribution in [-0.2, 0) is 6.42 Å². The molecule has 19 heavy (non-hydrogen) atoms. The second-order valence-corrected chi connectivity index (χ2v) is 5.27. The highest BCUT2D eigenvalue weighted by atomic mass is 35.5. The third-order valence-corrected chi connectivity index (χ3v) is 3.64. The monoisotopic (exact) mass is 285 g/mol. The van der Waals surface area contributed by atoms with Crippen LogP contribution in [0.5, 0.6) is 11.5 Å². The van der Waals surface area contributed by atoms with Gasteiger partial charge in [-0.2, -0.15) is 0 Å². The maximum absolute atomic E-state index is 5.83. The lowest BCUT2D eigenvalue weighted by Gasteiger charge is -2.20. The number of alkyl halides is 1. The SMILES string of the molecule is COc1ccc(CCN(C)C[C@H](C)CCl)cc1OC. The van der Waals surface area contributed by atoms with Gasteiger partial charge in [-0.1, -0.05) is 13.0 Å². The Morgan fingerprint density at radius 1 is 1.21 bits per heavy atom. The molecule has 0 saturated heterocycles. The van der Waals surface area contributed by atoms with Crippen molar-refractivity contribution in [1.29, 1.82) is 0 Å². The molecule has 4 heteroatoms. The highest BCUT2D eigenvalue weighted by Crippen LogP contribution is 2.27. The molecule has 0 spiro atoms. The van der Waals surface area contributed by atoms with Crippen LogP contribution in [0, 0.1) is 5.92 Å². The first-order valence-corrected chi connectivity index (χ1v) is 7.09. The number of nitrogens with zero attached hydrogens (tertiary/aromatic N) is 1. The van der Waals surface area contributed by atoms with Crippen molar-refractivity contribution in [2.45, 2.75) is 13.3 Å². The van der Waals surface area contributed by atoms with Crippen molar-refractivity contribution >= 4 is 11.6 Å². The van der Waals surface area contributed by atoms with E-state index in [1.165, 1.54) is 5.56 Å². The van der Waals surface area contributed by atoms with E-state index in [1.54, 1.807) is 14.2 Å². The highest BCUT2D eigenvalue weighted by molar-refractivity contribution is 6.18. The van der Waals surface area contributed by atoms with Crippen LogP contribution in [0.4, 0.5) is 0 Å². The normalized spacial score (nSPS) is 12.5. The van der Waals surface area contributed by atoms with Crippen LogP contribution >= 0.6 is 11.6 Å². The van der Waals surface area contributed by atoms with Crippen molar-refractivity contribution in [3.63, 3.8) is 0 Å². The fraction of sp³-hybridized carbons (Fsp3) is 0.600. The first kappa shape index (κ1) is 16.1.